The molecule has 0 aromatic heterocycles. The Balaban J connectivity index is 0. The monoisotopic (exact) mass is 239 g/mol. The number of carbonyl (C=O) groups is 2. The summed E-state index contributed by atoms with van der Waals surface area (Å²) in [6.07, 6.45) is 3.84. The maximum Gasteiger partial charge on any atom is 0.120 e. The first kappa shape index (κ1) is 17.7. The molecule has 1 rings (SSSR count). The van der Waals surface area contributed by atoms with Gasteiger partial charge in [0.25, 0.3) is 0 Å². The maximum absolute atomic E-state index is 10.0. The van der Waals surface area contributed by atoms with Crippen molar-refractivity contribution in [3.8, 4) is 0 Å². The minimum Gasteiger partial charge on any atom is -0.400 e. The smallest absolute Gasteiger partial charge is 0.120 e. The van der Waals surface area contributed by atoms with E-state index in [1.54, 1.807) is 0 Å². The van der Waals surface area contributed by atoms with E-state index in [9.17, 15) is 9.59 Å². The zero-order valence-electron chi connectivity index (χ0n) is 10.4. The van der Waals surface area contributed by atoms with Gasteiger partial charge in [-0.2, -0.15) is 0 Å². The van der Waals surface area contributed by atoms with Crippen LogP contribution in [0.1, 0.15) is 25.3 Å². The summed E-state index contributed by atoms with van der Waals surface area (Å²) in [6.45, 7) is 1.81. The van der Waals surface area contributed by atoms with Crippen LogP contribution in [0.3, 0.4) is 0 Å². The predicted molar refractivity (Wildman–Crippen MR) is 69.7 cm³/mol. The minimum atomic E-state index is 0.587. The lowest BCUT2D eigenvalue weighted by molar-refractivity contribution is -0.108. The van der Waals surface area contributed by atoms with E-state index < -0.39 is 0 Å². The Morgan fingerprint density at radius 3 is 1.94 bits per heavy atom. The largest absolute Gasteiger partial charge is 0.400 e. The van der Waals surface area contributed by atoms with Crippen molar-refractivity contribution in [2.24, 2.45) is 0 Å². The van der Waals surface area contributed by atoms with Crippen LogP contribution in [0.2, 0.25) is 0 Å². The molecule has 0 saturated carbocycles. The van der Waals surface area contributed by atoms with Crippen LogP contribution in [0.4, 0.5) is 5.69 Å². The Kier molecular flexibility index (Phi) is 14.9. The van der Waals surface area contributed by atoms with Crippen LogP contribution in [0, 0.1) is 0 Å². The number of carbonyl (C=O) groups excluding carboxylic acids is 2. The number of rotatable bonds is 4. The standard InChI is InChI=1S/C9H11NO.C3H6O.CH4O/c10-9-5-3-8(4-6-9)2-1-7-11;1-2-3-4;1-2/h3-7H,1-2,10H2;3H,2H2,1H3;2H,1H3. The second-order valence-electron chi connectivity index (χ2n) is 3.02. The molecule has 1 aromatic rings. The normalized spacial score (nSPS) is 7.94. The van der Waals surface area contributed by atoms with Gasteiger partial charge in [0.1, 0.15) is 12.6 Å². The van der Waals surface area contributed by atoms with Gasteiger partial charge in [-0.15, -0.1) is 0 Å². The lowest BCUT2D eigenvalue weighted by Gasteiger charge is -1.96. The number of aliphatic hydroxyl groups is 1. The summed E-state index contributed by atoms with van der Waals surface area (Å²) >= 11 is 0. The van der Waals surface area contributed by atoms with Crippen LogP contribution in [0.5, 0.6) is 0 Å². The summed E-state index contributed by atoms with van der Waals surface area (Å²) in [5.41, 5.74) is 7.41. The van der Waals surface area contributed by atoms with E-state index in [-0.39, 0.29) is 0 Å². The van der Waals surface area contributed by atoms with Gasteiger partial charge >= 0.3 is 0 Å². The van der Waals surface area contributed by atoms with Crippen molar-refractivity contribution in [1.82, 2.24) is 0 Å². The van der Waals surface area contributed by atoms with E-state index in [0.717, 1.165) is 37.4 Å². The van der Waals surface area contributed by atoms with E-state index in [2.05, 4.69) is 0 Å². The summed E-state index contributed by atoms with van der Waals surface area (Å²) in [7, 11) is 1.00. The molecule has 0 bridgehead atoms. The molecule has 0 unspecified atom stereocenters. The van der Waals surface area contributed by atoms with Crippen LogP contribution < -0.4 is 5.73 Å². The molecular formula is C13H21NO3. The van der Waals surface area contributed by atoms with Crippen molar-refractivity contribution < 1.29 is 14.7 Å². The molecule has 0 aliphatic heterocycles. The van der Waals surface area contributed by atoms with Crippen molar-refractivity contribution in [1.29, 1.82) is 0 Å². The van der Waals surface area contributed by atoms with Crippen LogP contribution in [-0.2, 0) is 16.0 Å². The number of benzene rings is 1. The van der Waals surface area contributed by atoms with Gasteiger partial charge in [-0.1, -0.05) is 19.1 Å². The van der Waals surface area contributed by atoms with Crippen molar-refractivity contribution in [3.63, 3.8) is 0 Å². The highest BCUT2D eigenvalue weighted by Crippen LogP contribution is 2.06. The third-order valence-corrected chi connectivity index (χ3v) is 1.70. The van der Waals surface area contributed by atoms with E-state index in [1.165, 1.54) is 0 Å². The van der Waals surface area contributed by atoms with Gasteiger partial charge < -0.3 is 20.4 Å². The highest BCUT2D eigenvalue weighted by atomic mass is 16.2. The van der Waals surface area contributed by atoms with Gasteiger partial charge in [0.2, 0.25) is 0 Å². The Labute approximate surface area is 102 Å². The second kappa shape index (κ2) is 14.3. The first-order valence-electron chi connectivity index (χ1n) is 5.41. The first-order valence-corrected chi connectivity index (χ1v) is 5.41. The molecule has 0 fully saturated rings. The summed E-state index contributed by atoms with van der Waals surface area (Å²) in [5.74, 6) is 0. The van der Waals surface area contributed by atoms with Crippen LogP contribution in [0.25, 0.3) is 0 Å². The fourth-order valence-electron chi connectivity index (χ4n) is 0.910. The Hall–Kier alpha value is -1.68. The molecule has 4 heteroatoms. The number of aryl methyl sites for hydroxylation is 1. The van der Waals surface area contributed by atoms with Crippen LogP contribution in [0.15, 0.2) is 24.3 Å². The zero-order valence-corrected chi connectivity index (χ0v) is 10.4. The summed E-state index contributed by atoms with van der Waals surface area (Å²) < 4.78 is 0. The molecule has 0 heterocycles. The molecule has 0 spiro atoms. The highest BCUT2D eigenvalue weighted by molar-refractivity contribution is 5.50. The Bertz CT molecular complexity index is 283. The molecule has 4 nitrogen and oxygen atoms in total. The summed E-state index contributed by atoms with van der Waals surface area (Å²) in [5, 5.41) is 7.00. The molecular weight excluding hydrogens is 218 g/mol. The zero-order chi connectivity index (χ0) is 13.5. The van der Waals surface area contributed by atoms with Crippen molar-refractivity contribution in [2.45, 2.75) is 26.2 Å². The molecule has 0 saturated heterocycles. The van der Waals surface area contributed by atoms with Gasteiger partial charge in [-0.3, -0.25) is 0 Å². The number of nitrogens with two attached hydrogens (primary N) is 1. The third-order valence-electron chi connectivity index (χ3n) is 1.70. The molecule has 1 aromatic carbocycles. The molecule has 3 N–H and O–H groups in total. The quantitative estimate of drug-likeness (QED) is 0.618. The summed E-state index contributed by atoms with van der Waals surface area (Å²) in [6, 6.07) is 7.58. The number of aldehydes is 2. The number of hydrogen-bond donors (Lipinski definition) is 2. The maximum atomic E-state index is 10.0. The predicted octanol–water partition coefficient (Wildman–Crippen LogP) is 1.60. The number of aliphatic hydroxyl groups excluding tert-OH is 1. The topological polar surface area (TPSA) is 80.4 Å². The molecule has 0 aliphatic rings. The van der Waals surface area contributed by atoms with Gasteiger partial charge in [-0.25, -0.2) is 0 Å². The average Bonchev–Trinajstić information content (AvgIpc) is 2.41. The van der Waals surface area contributed by atoms with E-state index in [1.807, 2.05) is 31.2 Å². The van der Waals surface area contributed by atoms with E-state index >= 15 is 0 Å². The second-order valence-corrected chi connectivity index (χ2v) is 3.02. The van der Waals surface area contributed by atoms with Gasteiger partial charge in [0, 0.05) is 25.6 Å². The Morgan fingerprint density at radius 1 is 1.12 bits per heavy atom. The molecule has 0 amide bonds. The van der Waals surface area contributed by atoms with Gasteiger partial charge in [-0.05, 0) is 24.1 Å². The Morgan fingerprint density at radius 2 is 1.59 bits per heavy atom. The van der Waals surface area contributed by atoms with Crippen LogP contribution in [-0.4, -0.2) is 24.8 Å². The third kappa shape index (κ3) is 12.3. The molecule has 17 heavy (non-hydrogen) atoms. The average molecular weight is 239 g/mol. The molecule has 0 radical (unpaired) electrons. The van der Waals surface area contributed by atoms with E-state index in [4.69, 9.17) is 10.8 Å². The van der Waals surface area contributed by atoms with Gasteiger partial charge in [0.15, 0.2) is 0 Å². The SMILES string of the molecule is CCC=O.CO.Nc1ccc(CCC=O)cc1. The first-order chi connectivity index (χ1) is 8.24. The lowest BCUT2D eigenvalue weighted by Crippen LogP contribution is -1.88. The van der Waals surface area contributed by atoms with Crippen molar-refractivity contribution in [3.05, 3.63) is 29.8 Å². The number of hydrogen-bond acceptors (Lipinski definition) is 4. The number of anilines is 1. The van der Waals surface area contributed by atoms with E-state index in [0.29, 0.717) is 12.8 Å². The lowest BCUT2D eigenvalue weighted by atomic mass is 10.1. The fraction of sp³-hybridized carbons (Fsp3) is 0.385. The summed E-state index contributed by atoms with van der Waals surface area (Å²) in [4.78, 5) is 19.2. The molecule has 0 aliphatic carbocycles. The minimum absolute atomic E-state index is 0.587. The number of nitrogen functional groups attached to an aromatic ring is 1. The van der Waals surface area contributed by atoms with Crippen molar-refractivity contribution >= 4 is 18.3 Å². The molecule has 96 valence electrons. The van der Waals surface area contributed by atoms with Gasteiger partial charge in [0.05, 0.1) is 0 Å². The fourth-order valence-corrected chi connectivity index (χ4v) is 0.910. The van der Waals surface area contributed by atoms with Crippen molar-refractivity contribution in [2.75, 3.05) is 12.8 Å². The molecule has 0 atom stereocenters. The van der Waals surface area contributed by atoms with Crippen LogP contribution >= 0.6 is 0 Å². The highest BCUT2D eigenvalue weighted by Gasteiger charge is 1.90.